The molecule has 0 aliphatic carbocycles. The van der Waals surface area contributed by atoms with E-state index >= 15 is 0 Å². The van der Waals surface area contributed by atoms with Crippen molar-refractivity contribution < 1.29 is 14.7 Å². The Hall–Kier alpha value is -1.56. The fourth-order valence-corrected chi connectivity index (χ4v) is 2.80. The molecule has 1 aromatic heterocycles. The number of carboxylic acids is 1. The van der Waals surface area contributed by atoms with Crippen molar-refractivity contribution in [1.29, 1.82) is 0 Å². The molecule has 0 aliphatic rings. The third-order valence-corrected chi connectivity index (χ3v) is 4.38. The summed E-state index contributed by atoms with van der Waals surface area (Å²) in [5, 5.41) is 18.6. The molecule has 21 heavy (non-hydrogen) atoms. The summed E-state index contributed by atoms with van der Waals surface area (Å²) in [6, 6.07) is -0.144. The summed E-state index contributed by atoms with van der Waals surface area (Å²) >= 11 is 1.63. The lowest BCUT2D eigenvalue weighted by atomic mass is 10.0. The first-order valence-electron chi connectivity index (χ1n) is 7.19. The summed E-state index contributed by atoms with van der Waals surface area (Å²) in [7, 11) is 0. The first-order chi connectivity index (χ1) is 9.90. The van der Waals surface area contributed by atoms with Crippen LogP contribution < -0.4 is 10.6 Å². The van der Waals surface area contributed by atoms with Gasteiger partial charge in [-0.25, -0.2) is 4.79 Å². The number of thiophene rings is 1. The van der Waals surface area contributed by atoms with Crippen LogP contribution in [0, 0.1) is 12.8 Å². The smallest absolute Gasteiger partial charge is 0.315 e. The Morgan fingerprint density at radius 3 is 2.57 bits per heavy atom. The zero-order chi connectivity index (χ0) is 15.8. The highest BCUT2D eigenvalue weighted by molar-refractivity contribution is 7.08. The lowest BCUT2D eigenvalue weighted by molar-refractivity contribution is -0.141. The number of nitrogens with one attached hydrogen (secondary N) is 2. The van der Waals surface area contributed by atoms with Crippen molar-refractivity contribution in [3.63, 3.8) is 0 Å². The second-order valence-corrected chi connectivity index (χ2v) is 6.22. The minimum absolute atomic E-state index is 0.0366. The third-order valence-electron chi connectivity index (χ3n) is 3.47. The van der Waals surface area contributed by atoms with E-state index in [1.54, 1.807) is 18.3 Å². The fourth-order valence-electron chi connectivity index (χ4n) is 1.94. The Kier molecular flexibility index (Phi) is 7.22. The SMILES string of the molecule is Cc1cscc1CNC(=O)NC(C)CCCC(C)C(=O)O. The highest BCUT2D eigenvalue weighted by Crippen LogP contribution is 2.13. The average molecular weight is 312 g/mol. The van der Waals surface area contributed by atoms with E-state index in [9.17, 15) is 9.59 Å². The summed E-state index contributed by atoms with van der Waals surface area (Å²) < 4.78 is 0. The number of hydrogen-bond acceptors (Lipinski definition) is 3. The topological polar surface area (TPSA) is 78.4 Å². The van der Waals surface area contributed by atoms with Crippen LogP contribution in [0.1, 0.15) is 44.2 Å². The maximum Gasteiger partial charge on any atom is 0.315 e. The number of urea groups is 1. The van der Waals surface area contributed by atoms with Crippen LogP contribution in [0.5, 0.6) is 0 Å². The fraction of sp³-hybridized carbons (Fsp3) is 0.600. The highest BCUT2D eigenvalue weighted by atomic mass is 32.1. The number of carbonyl (C=O) groups excluding carboxylic acids is 1. The first kappa shape index (κ1) is 17.5. The number of carbonyl (C=O) groups is 2. The summed E-state index contributed by atoms with van der Waals surface area (Å²) in [6.07, 6.45) is 2.21. The maximum absolute atomic E-state index is 11.8. The molecule has 3 N–H and O–H groups in total. The van der Waals surface area contributed by atoms with Crippen molar-refractivity contribution >= 4 is 23.3 Å². The van der Waals surface area contributed by atoms with Crippen LogP contribution in [-0.4, -0.2) is 23.1 Å². The Morgan fingerprint density at radius 1 is 1.29 bits per heavy atom. The molecule has 1 heterocycles. The van der Waals surface area contributed by atoms with E-state index in [1.165, 1.54) is 5.56 Å². The number of rotatable bonds is 8. The van der Waals surface area contributed by atoms with Gasteiger partial charge in [0, 0.05) is 12.6 Å². The summed E-state index contributed by atoms with van der Waals surface area (Å²) in [6.45, 7) is 6.19. The third kappa shape index (κ3) is 6.62. The molecular formula is C15H24N2O3S. The number of aryl methyl sites for hydroxylation is 1. The quantitative estimate of drug-likeness (QED) is 0.690. The van der Waals surface area contributed by atoms with Crippen LogP contribution >= 0.6 is 11.3 Å². The van der Waals surface area contributed by atoms with Gasteiger partial charge in [0.05, 0.1) is 5.92 Å². The van der Waals surface area contributed by atoms with Crippen molar-refractivity contribution in [3.8, 4) is 0 Å². The minimum atomic E-state index is -0.764. The molecule has 0 radical (unpaired) electrons. The van der Waals surface area contributed by atoms with E-state index in [0.717, 1.165) is 18.4 Å². The summed E-state index contributed by atoms with van der Waals surface area (Å²) in [5.74, 6) is -1.09. The minimum Gasteiger partial charge on any atom is -0.481 e. The molecule has 0 saturated heterocycles. The van der Waals surface area contributed by atoms with Gasteiger partial charge >= 0.3 is 12.0 Å². The van der Waals surface area contributed by atoms with Crippen molar-refractivity contribution in [2.75, 3.05) is 0 Å². The van der Waals surface area contributed by atoms with Gasteiger partial charge in [-0.2, -0.15) is 11.3 Å². The Labute approximate surface area is 129 Å². The molecule has 0 fully saturated rings. The lowest BCUT2D eigenvalue weighted by Crippen LogP contribution is -2.40. The van der Waals surface area contributed by atoms with E-state index in [4.69, 9.17) is 5.11 Å². The first-order valence-corrected chi connectivity index (χ1v) is 8.13. The van der Waals surface area contributed by atoms with Crippen molar-refractivity contribution in [1.82, 2.24) is 10.6 Å². The van der Waals surface area contributed by atoms with E-state index in [1.807, 2.05) is 19.2 Å². The Morgan fingerprint density at radius 2 is 2.00 bits per heavy atom. The molecule has 2 unspecified atom stereocenters. The van der Waals surface area contributed by atoms with Crippen LogP contribution in [0.3, 0.4) is 0 Å². The summed E-state index contributed by atoms with van der Waals surface area (Å²) in [4.78, 5) is 22.5. The van der Waals surface area contributed by atoms with E-state index in [-0.39, 0.29) is 18.0 Å². The monoisotopic (exact) mass is 312 g/mol. The normalized spacial score (nSPS) is 13.5. The second-order valence-electron chi connectivity index (χ2n) is 5.48. The number of hydrogen-bond donors (Lipinski definition) is 3. The van der Waals surface area contributed by atoms with Crippen molar-refractivity contribution in [3.05, 3.63) is 21.9 Å². The maximum atomic E-state index is 11.8. The predicted molar refractivity (Wildman–Crippen MR) is 84.5 cm³/mol. The van der Waals surface area contributed by atoms with Gasteiger partial charge in [-0.05, 0) is 48.6 Å². The molecule has 1 aromatic rings. The predicted octanol–water partition coefficient (Wildman–Crippen LogP) is 3.14. The number of amides is 2. The highest BCUT2D eigenvalue weighted by Gasteiger charge is 2.12. The van der Waals surface area contributed by atoms with E-state index in [2.05, 4.69) is 16.0 Å². The van der Waals surface area contributed by atoms with Gasteiger partial charge in [0.1, 0.15) is 0 Å². The van der Waals surface area contributed by atoms with Crippen molar-refractivity contribution in [2.45, 2.75) is 52.6 Å². The van der Waals surface area contributed by atoms with E-state index < -0.39 is 5.97 Å². The Bertz CT molecular complexity index is 473. The van der Waals surface area contributed by atoms with Crippen LogP contribution in [0.25, 0.3) is 0 Å². The zero-order valence-electron chi connectivity index (χ0n) is 12.8. The standard InChI is InChI=1S/C15H24N2O3S/c1-10(14(18)19)5-4-6-12(3)17-15(20)16-7-13-9-21-8-11(13)2/h8-10,12H,4-7H2,1-3H3,(H,18,19)(H2,16,17,20). The molecule has 118 valence electrons. The van der Waals surface area contributed by atoms with Gasteiger partial charge in [-0.15, -0.1) is 0 Å². The van der Waals surface area contributed by atoms with Gasteiger partial charge in [-0.1, -0.05) is 13.3 Å². The molecule has 0 aliphatic heterocycles. The van der Waals surface area contributed by atoms with Gasteiger partial charge in [0.15, 0.2) is 0 Å². The molecule has 0 aromatic carbocycles. The number of aliphatic carboxylic acids is 1. The van der Waals surface area contributed by atoms with Gasteiger partial charge in [-0.3, -0.25) is 4.79 Å². The van der Waals surface area contributed by atoms with E-state index in [0.29, 0.717) is 13.0 Å². The molecular weight excluding hydrogens is 288 g/mol. The van der Waals surface area contributed by atoms with Gasteiger partial charge in [0.2, 0.25) is 0 Å². The van der Waals surface area contributed by atoms with Gasteiger partial charge in [0.25, 0.3) is 0 Å². The molecule has 2 amide bonds. The van der Waals surface area contributed by atoms with Crippen LogP contribution in [0.2, 0.25) is 0 Å². The van der Waals surface area contributed by atoms with Crippen LogP contribution in [-0.2, 0) is 11.3 Å². The van der Waals surface area contributed by atoms with Crippen LogP contribution in [0.4, 0.5) is 4.79 Å². The second kappa shape index (κ2) is 8.67. The molecule has 0 saturated carbocycles. The largest absolute Gasteiger partial charge is 0.481 e. The molecule has 0 spiro atoms. The average Bonchev–Trinajstić information content (AvgIpc) is 2.81. The van der Waals surface area contributed by atoms with Crippen molar-refractivity contribution in [2.24, 2.45) is 5.92 Å². The molecule has 2 atom stereocenters. The summed E-state index contributed by atoms with van der Waals surface area (Å²) in [5.41, 5.74) is 2.33. The molecule has 5 nitrogen and oxygen atoms in total. The Balaban J connectivity index is 2.19. The number of carboxylic acid groups (broad SMARTS) is 1. The molecule has 0 bridgehead atoms. The molecule has 1 rings (SSSR count). The van der Waals surface area contributed by atoms with Crippen LogP contribution in [0.15, 0.2) is 10.8 Å². The van der Waals surface area contributed by atoms with Gasteiger partial charge < -0.3 is 15.7 Å². The zero-order valence-corrected chi connectivity index (χ0v) is 13.6. The molecule has 6 heteroatoms. The lowest BCUT2D eigenvalue weighted by Gasteiger charge is -2.15.